The highest BCUT2D eigenvalue weighted by molar-refractivity contribution is 5.94. The van der Waals surface area contributed by atoms with E-state index in [1.807, 2.05) is 69.3 Å². The molecule has 0 aliphatic carbocycles. The molecular formula is C21H23N3O. The molecule has 0 saturated carbocycles. The van der Waals surface area contributed by atoms with Gasteiger partial charge in [-0.25, -0.2) is 4.98 Å². The van der Waals surface area contributed by atoms with Crippen LogP contribution in [0.25, 0.3) is 11.0 Å². The molecule has 3 aromatic rings. The lowest BCUT2D eigenvalue weighted by atomic mass is 10.1. The van der Waals surface area contributed by atoms with Crippen LogP contribution in [0.4, 0.5) is 0 Å². The molecule has 0 saturated heterocycles. The molecule has 1 heterocycles. The van der Waals surface area contributed by atoms with Crippen molar-refractivity contribution in [1.29, 1.82) is 0 Å². The fourth-order valence-corrected chi connectivity index (χ4v) is 2.99. The number of carbonyl (C=O) groups excluding carboxylic acids is 1. The molecule has 1 amide bonds. The minimum atomic E-state index is -0.209. The van der Waals surface area contributed by atoms with Crippen molar-refractivity contribution in [3.8, 4) is 0 Å². The van der Waals surface area contributed by atoms with Crippen molar-refractivity contribution in [2.24, 2.45) is 0 Å². The summed E-state index contributed by atoms with van der Waals surface area (Å²) in [5, 5.41) is 3.06. The number of benzene rings is 2. The van der Waals surface area contributed by atoms with Gasteiger partial charge in [0.1, 0.15) is 5.82 Å². The van der Waals surface area contributed by atoms with Crippen molar-refractivity contribution >= 4 is 16.9 Å². The maximum Gasteiger partial charge on any atom is 0.251 e. The molecule has 4 heteroatoms. The van der Waals surface area contributed by atoms with Gasteiger partial charge in [0.2, 0.25) is 0 Å². The van der Waals surface area contributed by atoms with E-state index in [2.05, 4.69) is 16.5 Å². The summed E-state index contributed by atoms with van der Waals surface area (Å²) in [7, 11) is 0. The highest BCUT2D eigenvalue weighted by Gasteiger charge is 2.19. The van der Waals surface area contributed by atoms with E-state index >= 15 is 0 Å². The van der Waals surface area contributed by atoms with E-state index in [1.54, 1.807) is 0 Å². The Morgan fingerprint density at radius 1 is 1.24 bits per heavy atom. The second-order valence-electron chi connectivity index (χ2n) is 6.57. The normalized spacial score (nSPS) is 12.1. The van der Waals surface area contributed by atoms with Crippen molar-refractivity contribution in [2.45, 2.75) is 33.4 Å². The number of nitrogens with zero attached hydrogens (tertiary/aromatic N) is 2. The summed E-state index contributed by atoms with van der Waals surface area (Å²) >= 11 is 0. The summed E-state index contributed by atoms with van der Waals surface area (Å²) in [6, 6.07) is 15.4. The number of allylic oxidation sites excluding steroid dienone is 1. The van der Waals surface area contributed by atoms with Gasteiger partial charge >= 0.3 is 0 Å². The van der Waals surface area contributed by atoms with E-state index in [4.69, 9.17) is 4.98 Å². The van der Waals surface area contributed by atoms with Crippen molar-refractivity contribution in [3.63, 3.8) is 0 Å². The lowest BCUT2D eigenvalue weighted by molar-refractivity contribution is 0.0937. The second kappa shape index (κ2) is 6.93. The maximum absolute atomic E-state index is 12.6. The molecule has 1 aromatic heterocycles. The average Bonchev–Trinajstić information content (AvgIpc) is 2.93. The van der Waals surface area contributed by atoms with E-state index in [-0.39, 0.29) is 11.9 Å². The quantitative estimate of drug-likeness (QED) is 0.703. The van der Waals surface area contributed by atoms with Gasteiger partial charge in [-0.15, -0.1) is 0 Å². The van der Waals surface area contributed by atoms with Gasteiger partial charge in [0.25, 0.3) is 5.91 Å². The first kappa shape index (κ1) is 17.0. The summed E-state index contributed by atoms with van der Waals surface area (Å²) in [6.45, 7) is 10.6. The SMILES string of the molecule is C=C(C)Cn1c(C(C)NC(=O)c2cccc(C)c2)nc2ccccc21. The van der Waals surface area contributed by atoms with Crippen LogP contribution >= 0.6 is 0 Å². The highest BCUT2D eigenvalue weighted by atomic mass is 16.1. The van der Waals surface area contributed by atoms with Crippen molar-refractivity contribution < 1.29 is 4.79 Å². The van der Waals surface area contributed by atoms with Crippen LogP contribution in [0.5, 0.6) is 0 Å². The second-order valence-corrected chi connectivity index (χ2v) is 6.57. The summed E-state index contributed by atoms with van der Waals surface area (Å²) in [5.74, 6) is 0.746. The minimum absolute atomic E-state index is 0.0925. The highest BCUT2D eigenvalue weighted by Crippen LogP contribution is 2.22. The van der Waals surface area contributed by atoms with Gasteiger partial charge in [-0.3, -0.25) is 4.79 Å². The van der Waals surface area contributed by atoms with E-state index in [9.17, 15) is 4.79 Å². The van der Waals surface area contributed by atoms with Crippen molar-refractivity contribution in [2.75, 3.05) is 0 Å². The molecule has 1 unspecified atom stereocenters. The van der Waals surface area contributed by atoms with Crippen molar-refractivity contribution in [3.05, 3.63) is 77.6 Å². The zero-order valence-electron chi connectivity index (χ0n) is 14.9. The van der Waals surface area contributed by atoms with Crippen LogP contribution in [0, 0.1) is 6.92 Å². The number of hydrogen-bond donors (Lipinski definition) is 1. The molecule has 1 atom stereocenters. The number of fused-ring (bicyclic) bond motifs is 1. The van der Waals surface area contributed by atoms with Crippen LogP contribution in [0.2, 0.25) is 0 Å². The predicted octanol–water partition coefficient (Wildman–Crippen LogP) is 4.41. The van der Waals surface area contributed by atoms with E-state index in [0.717, 1.165) is 28.0 Å². The molecule has 0 fully saturated rings. The first-order valence-corrected chi connectivity index (χ1v) is 8.43. The lowest BCUT2D eigenvalue weighted by Gasteiger charge is -2.16. The Hall–Kier alpha value is -2.88. The van der Waals surface area contributed by atoms with E-state index in [0.29, 0.717) is 12.1 Å². The molecule has 3 rings (SSSR count). The topological polar surface area (TPSA) is 46.9 Å². The lowest BCUT2D eigenvalue weighted by Crippen LogP contribution is -2.28. The molecule has 0 bridgehead atoms. The zero-order valence-corrected chi connectivity index (χ0v) is 14.9. The Bertz CT molecular complexity index is 939. The molecule has 2 aromatic carbocycles. The summed E-state index contributed by atoms with van der Waals surface area (Å²) < 4.78 is 2.12. The number of rotatable bonds is 5. The third-order valence-corrected chi connectivity index (χ3v) is 4.13. The number of aryl methyl sites for hydroxylation is 1. The van der Waals surface area contributed by atoms with Gasteiger partial charge < -0.3 is 9.88 Å². The molecule has 0 radical (unpaired) electrons. The molecule has 0 spiro atoms. The molecule has 25 heavy (non-hydrogen) atoms. The van der Waals surface area contributed by atoms with Crippen LogP contribution in [0.1, 0.15) is 41.6 Å². The van der Waals surface area contributed by atoms with E-state index < -0.39 is 0 Å². The number of aromatic nitrogens is 2. The summed E-state index contributed by atoms with van der Waals surface area (Å²) in [5.41, 5.74) is 4.75. The molecule has 4 nitrogen and oxygen atoms in total. The summed E-state index contributed by atoms with van der Waals surface area (Å²) in [6.07, 6.45) is 0. The van der Waals surface area contributed by atoms with Crippen LogP contribution in [-0.4, -0.2) is 15.5 Å². The Balaban J connectivity index is 1.92. The monoisotopic (exact) mass is 333 g/mol. The first-order chi connectivity index (χ1) is 12.0. The van der Waals surface area contributed by atoms with E-state index in [1.165, 1.54) is 0 Å². The molecule has 0 aliphatic rings. The zero-order chi connectivity index (χ0) is 18.0. The predicted molar refractivity (Wildman–Crippen MR) is 102 cm³/mol. The van der Waals surface area contributed by atoms with Crippen molar-refractivity contribution in [1.82, 2.24) is 14.9 Å². The standard InChI is InChI=1S/C21H23N3O/c1-14(2)13-24-19-11-6-5-10-18(19)23-20(24)16(4)22-21(25)17-9-7-8-15(3)12-17/h5-12,16H,1,13H2,2-4H3,(H,22,25). The third-order valence-electron chi connectivity index (χ3n) is 4.13. The maximum atomic E-state index is 12.6. The number of amides is 1. The number of imidazole rings is 1. The average molecular weight is 333 g/mol. The Kier molecular flexibility index (Phi) is 4.70. The van der Waals surface area contributed by atoms with Gasteiger partial charge in [0.15, 0.2) is 0 Å². The summed E-state index contributed by atoms with van der Waals surface area (Å²) in [4.78, 5) is 17.3. The van der Waals surface area contributed by atoms with Gasteiger partial charge in [-0.1, -0.05) is 42.0 Å². The molecule has 128 valence electrons. The van der Waals surface area contributed by atoms with Crippen LogP contribution in [0.15, 0.2) is 60.7 Å². The number of carbonyl (C=O) groups is 1. The Morgan fingerprint density at radius 3 is 2.72 bits per heavy atom. The van der Waals surface area contributed by atoms with Gasteiger partial charge in [0.05, 0.1) is 17.1 Å². The Morgan fingerprint density at radius 2 is 2.00 bits per heavy atom. The number of hydrogen-bond acceptors (Lipinski definition) is 2. The largest absolute Gasteiger partial charge is 0.342 e. The first-order valence-electron chi connectivity index (χ1n) is 8.43. The van der Waals surface area contributed by atoms with Crippen LogP contribution in [0.3, 0.4) is 0 Å². The number of nitrogens with one attached hydrogen (secondary N) is 1. The van der Waals surface area contributed by atoms with Gasteiger partial charge in [-0.2, -0.15) is 0 Å². The molecular weight excluding hydrogens is 310 g/mol. The minimum Gasteiger partial charge on any atom is -0.342 e. The van der Waals surface area contributed by atoms with Gasteiger partial charge in [-0.05, 0) is 45.0 Å². The third kappa shape index (κ3) is 3.63. The van der Waals surface area contributed by atoms with Crippen LogP contribution in [-0.2, 0) is 6.54 Å². The fraction of sp³-hybridized carbons (Fsp3) is 0.238. The molecule has 0 aliphatic heterocycles. The molecule has 1 N–H and O–H groups in total. The van der Waals surface area contributed by atoms with Gasteiger partial charge in [0, 0.05) is 12.1 Å². The van der Waals surface area contributed by atoms with Crippen LogP contribution < -0.4 is 5.32 Å². The number of para-hydroxylation sites is 2. The Labute approximate surface area is 148 Å². The fourth-order valence-electron chi connectivity index (χ4n) is 2.99. The smallest absolute Gasteiger partial charge is 0.251 e.